The molecule has 0 aliphatic heterocycles. The van der Waals surface area contributed by atoms with Gasteiger partial charge in [0, 0.05) is 5.69 Å². The van der Waals surface area contributed by atoms with Gasteiger partial charge in [0.15, 0.2) is 0 Å². The first kappa shape index (κ1) is 11.5. The molecule has 0 bridgehead atoms. The molecule has 0 saturated carbocycles. The van der Waals surface area contributed by atoms with Crippen LogP contribution in [0.4, 0.5) is 5.69 Å². The number of rotatable bonds is 5. The molecular formula is C10H13NO4. The van der Waals surface area contributed by atoms with E-state index in [0.29, 0.717) is 5.69 Å². The second-order valence-corrected chi connectivity index (χ2v) is 3.06. The van der Waals surface area contributed by atoms with E-state index in [9.17, 15) is 4.79 Å². The Morgan fingerprint density at radius 1 is 1.27 bits per heavy atom. The fourth-order valence-corrected chi connectivity index (χ4v) is 1.16. The summed E-state index contributed by atoms with van der Waals surface area (Å²) in [5, 5.41) is 29.3. The molecule has 5 heteroatoms. The normalized spacial score (nSPS) is 10.3. The van der Waals surface area contributed by atoms with Crippen LogP contribution in [0.3, 0.4) is 0 Å². The Morgan fingerprint density at radius 3 is 2.40 bits per heavy atom. The number of aromatic carboxylic acids is 1. The number of hydrogen-bond donors (Lipinski definition) is 4. The summed E-state index contributed by atoms with van der Waals surface area (Å²) in [6.07, 6.45) is 0. The molecule has 0 saturated heterocycles. The third-order valence-electron chi connectivity index (χ3n) is 1.96. The number of aliphatic hydroxyl groups is 2. The highest BCUT2D eigenvalue weighted by Crippen LogP contribution is 2.15. The van der Waals surface area contributed by atoms with E-state index in [2.05, 4.69) is 5.32 Å². The Bertz CT molecular complexity index is 336. The molecule has 82 valence electrons. The highest BCUT2D eigenvalue weighted by Gasteiger charge is 2.12. The lowest BCUT2D eigenvalue weighted by atomic mass is 10.1. The van der Waals surface area contributed by atoms with Gasteiger partial charge in [-0.3, -0.25) is 0 Å². The summed E-state index contributed by atoms with van der Waals surface area (Å²) in [4.78, 5) is 10.8. The van der Waals surface area contributed by atoms with Crippen LogP contribution in [-0.4, -0.2) is 40.5 Å². The molecule has 0 amide bonds. The molecule has 0 atom stereocenters. The van der Waals surface area contributed by atoms with Crippen LogP contribution in [0.2, 0.25) is 0 Å². The van der Waals surface area contributed by atoms with Gasteiger partial charge in [-0.25, -0.2) is 4.79 Å². The van der Waals surface area contributed by atoms with Gasteiger partial charge >= 0.3 is 5.97 Å². The third-order valence-corrected chi connectivity index (χ3v) is 1.96. The predicted octanol–water partition coefficient (Wildman–Crippen LogP) is 0.150. The molecule has 0 aliphatic carbocycles. The average molecular weight is 211 g/mol. The third kappa shape index (κ3) is 2.93. The lowest BCUT2D eigenvalue weighted by molar-refractivity contribution is 0.0697. The van der Waals surface area contributed by atoms with E-state index in [4.69, 9.17) is 15.3 Å². The summed E-state index contributed by atoms with van der Waals surface area (Å²) in [5.74, 6) is -1.05. The topological polar surface area (TPSA) is 89.8 Å². The number of carbonyl (C=O) groups is 1. The van der Waals surface area contributed by atoms with Crippen LogP contribution >= 0.6 is 0 Å². The van der Waals surface area contributed by atoms with Crippen molar-refractivity contribution in [1.29, 1.82) is 0 Å². The van der Waals surface area contributed by atoms with Gasteiger partial charge in [0.1, 0.15) is 0 Å². The maximum absolute atomic E-state index is 10.8. The quantitative estimate of drug-likeness (QED) is 0.556. The van der Waals surface area contributed by atoms with E-state index in [1.807, 2.05) is 0 Å². The number of para-hydroxylation sites is 1. The van der Waals surface area contributed by atoms with Crippen molar-refractivity contribution in [2.75, 3.05) is 18.5 Å². The summed E-state index contributed by atoms with van der Waals surface area (Å²) in [6.45, 7) is -0.519. The zero-order chi connectivity index (χ0) is 11.3. The average Bonchev–Trinajstić information content (AvgIpc) is 2.26. The van der Waals surface area contributed by atoms with Crippen LogP contribution in [0.15, 0.2) is 24.3 Å². The molecule has 5 nitrogen and oxygen atoms in total. The Labute approximate surface area is 87.0 Å². The predicted molar refractivity (Wildman–Crippen MR) is 55.0 cm³/mol. The van der Waals surface area contributed by atoms with Crippen LogP contribution in [0.1, 0.15) is 10.4 Å². The Hall–Kier alpha value is -1.59. The van der Waals surface area contributed by atoms with E-state index < -0.39 is 12.0 Å². The molecule has 0 unspecified atom stereocenters. The molecule has 0 heterocycles. The second kappa shape index (κ2) is 5.33. The first-order valence-electron chi connectivity index (χ1n) is 4.49. The standard InChI is InChI=1S/C10H13NO4/c12-5-7(6-13)11-9-4-2-1-3-8(9)10(14)15/h1-4,7,11-13H,5-6H2,(H,14,15). The molecule has 1 aromatic rings. The molecule has 0 aromatic heterocycles. The fourth-order valence-electron chi connectivity index (χ4n) is 1.16. The van der Waals surface area contributed by atoms with Gasteiger partial charge in [-0.15, -0.1) is 0 Å². The van der Waals surface area contributed by atoms with Crippen molar-refractivity contribution in [1.82, 2.24) is 0 Å². The zero-order valence-corrected chi connectivity index (χ0v) is 8.05. The van der Waals surface area contributed by atoms with E-state index in [1.54, 1.807) is 18.2 Å². The molecule has 1 aromatic carbocycles. The highest BCUT2D eigenvalue weighted by molar-refractivity contribution is 5.94. The summed E-state index contributed by atoms with van der Waals surface area (Å²) < 4.78 is 0. The summed E-state index contributed by atoms with van der Waals surface area (Å²) in [6, 6.07) is 5.78. The molecule has 15 heavy (non-hydrogen) atoms. The van der Waals surface area contributed by atoms with Gasteiger partial charge < -0.3 is 20.6 Å². The van der Waals surface area contributed by atoms with Crippen molar-refractivity contribution in [3.05, 3.63) is 29.8 Å². The van der Waals surface area contributed by atoms with Crippen LogP contribution < -0.4 is 5.32 Å². The van der Waals surface area contributed by atoms with Crippen LogP contribution in [0.5, 0.6) is 0 Å². The van der Waals surface area contributed by atoms with Gasteiger partial charge in [-0.1, -0.05) is 12.1 Å². The van der Waals surface area contributed by atoms with Crippen molar-refractivity contribution < 1.29 is 20.1 Å². The monoisotopic (exact) mass is 211 g/mol. The summed E-state index contributed by atoms with van der Waals surface area (Å²) in [7, 11) is 0. The Morgan fingerprint density at radius 2 is 1.87 bits per heavy atom. The van der Waals surface area contributed by atoms with Crippen LogP contribution in [-0.2, 0) is 0 Å². The van der Waals surface area contributed by atoms with E-state index in [0.717, 1.165) is 0 Å². The number of hydrogen-bond acceptors (Lipinski definition) is 4. The number of carboxylic acid groups (broad SMARTS) is 1. The van der Waals surface area contributed by atoms with Gasteiger partial charge in [0.05, 0.1) is 24.8 Å². The van der Waals surface area contributed by atoms with Crippen LogP contribution in [0, 0.1) is 0 Å². The lowest BCUT2D eigenvalue weighted by Gasteiger charge is -2.16. The number of aliphatic hydroxyl groups excluding tert-OH is 2. The lowest BCUT2D eigenvalue weighted by Crippen LogP contribution is -2.28. The molecule has 1 rings (SSSR count). The number of benzene rings is 1. The van der Waals surface area contributed by atoms with Crippen molar-refractivity contribution in [3.63, 3.8) is 0 Å². The SMILES string of the molecule is O=C(O)c1ccccc1NC(CO)CO. The van der Waals surface area contributed by atoms with Crippen molar-refractivity contribution in [3.8, 4) is 0 Å². The summed E-state index contributed by atoms with van der Waals surface area (Å²) in [5.41, 5.74) is 0.502. The molecule has 0 aliphatic rings. The molecule has 0 spiro atoms. The van der Waals surface area contributed by atoms with E-state index in [-0.39, 0.29) is 18.8 Å². The minimum atomic E-state index is -1.05. The van der Waals surface area contributed by atoms with Gasteiger partial charge in [-0.05, 0) is 12.1 Å². The van der Waals surface area contributed by atoms with Crippen LogP contribution in [0.25, 0.3) is 0 Å². The molecular weight excluding hydrogens is 198 g/mol. The van der Waals surface area contributed by atoms with E-state index in [1.165, 1.54) is 6.07 Å². The number of anilines is 1. The van der Waals surface area contributed by atoms with E-state index >= 15 is 0 Å². The molecule has 0 radical (unpaired) electrons. The van der Waals surface area contributed by atoms with Gasteiger partial charge in [0.2, 0.25) is 0 Å². The summed E-state index contributed by atoms with van der Waals surface area (Å²) >= 11 is 0. The largest absolute Gasteiger partial charge is 0.478 e. The first-order chi connectivity index (χ1) is 7.19. The van der Waals surface area contributed by atoms with Crippen molar-refractivity contribution in [2.24, 2.45) is 0 Å². The second-order valence-electron chi connectivity index (χ2n) is 3.06. The minimum absolute atomic E-state index is 0.115. The molecule has 4 N–H and O–H groups in total. The number of nitrogens with one attached hydrogen (secondary N) is 1. The maximum atomic E-state index is 10.8. The van der Waals surface area contributed by atoms with Crippen molar-refractivity contribution in [2.45, 2.75) is 6.04 Å². The smallest absolute Gasteiger partial charge is 0.337 e. The molecule has 0 fully saturated rings. The zero-order valence-electron chi connectivity index (χ0n) is 8.05. The highest BCUT2D eigenvalue weighted by atomic mass is 16.4. The van der Waals surface area contributed by atoms with Crippen molar-refractivity contribution >= 4 is 11.7 Å². The fraction of sp³-hybridized carbons (Fsp3) is 0.300. The minimum Gasteiger partial charge on any atom is -0.478 e. The van der Waals surface area contributed by atoms with Gasteiger partial charge in [0.25, 0.3) is 0 Å². The number of carboxylic acids is 1. The first-order valence-corrected chi connectivity index (χ1v) is 4.49. The Kier molecular flexibility index (Phi) is 4.08. The Balaban J connectivity index is 2.88. The van der Waals surface area contributed by atoms with Gasteiger partial charge in [-0.2, -0.15) is 0 Å². The maximum Gasteiger partial charge on any atom is 0.337 e.